The maximum Gasteiger partial charge on any atom is 0.312 e. The molecule has 1 aromatic rings. The Bertz CT molecular complexity index is 611. The van der Waals surface area contributed by atoms with Gasteiger partial charge in [-0.05, 0) is 37.8 Å². The van der Waals surface area contributed by atoms with Gasteiger partial charge >= 0.3 is 5.97 Å². The van der Waals surface area contributed by atoms with Gasteiger partial charge in [0.25, 0.3) is 5.91 Å². The Morgan fingerprint density at radius 2 is 2.17 bits per heavy atom. The quantitative estimate of drug-likeness (QED) is 0.894. The number of ether oxygens (including phenoxy) is 2. The number of para-hydroxylation sites is 1. The number of rotatable bonds is 5. The molecule has 6 nitrogen and oxygen atoms in total. The van der Waals surface area contributed by atoms with Gasteiger partial charge in [-0.25, -0.2) is 0 Å². The van der Waals surface area contributed by atoms with Gasteiger partial charge in [0.2, 0.25) is 0 Å². The van der Waals surface area contributed by atoms with Crippen LogP contribution in [-0.4, -0.2) is 48.9 Å². The molecule has 0 saturated carbocycles. The highest BCUT2D eigenvalue weighted by Gasteiger charge is 2.38. The highest BCUT2D eigenvalue weighted by Crippen LogP contribution is 2.36. The van der Waals surface area contributed by atoms with Crippen LogP contribution in [0.5, 0.6) is 0 Å². The van der Waals surface area contributed by atoms with Gasteiger partial charge in [-0.3, -0.25) is 9.59 Å². The van der Waals surface area contributed by atoms with Gasteiger partial charge in [-0.15, -0.1) is 0 Å². The Morgan fingerprint density at radius 1 is 1.38 bits per heavy atom. The van der Waals surface area contributed by atoms with Crippen LogP contribution in [0.1, 0.15) is 37.7 Å². The predicted octanol–water partition coefficient (Wildman–Crippen LogP) is 2.18. The lowest BCUT2D eigenvalue weighted by atomic mass is 10.0. The number of aliphatic carboxylic acids is 1. The smallest absolute Gasteiger partial charge is 0.312 e. The van der Waals surface area contributed by atoms with Crippen LogP contribution in [0.15, 0.2) is 24.3 Å². The normalized spacial score (nSPS) is 24.5. The van der Waals surface area contributed by atoms with Crippen molar-refractivity contribution in [1.82, 2.24) is 0 Å². The molecule has 2 aliphatic rings. The fourth-order valence-electron chi connectivity index (χ4n) is 3.31. The SMILES string of the molecule is C[C@H](OC[C@H]1CCCCO1)C(=O)N1C[C@@H](C(=O)O)c2ccccc21. The minimum Gasteiger partial charge on any atom is -0.481 e. The third-order valence-electron chi connectivity index (χ3n) is 4.69. The number of amides is 1. The zero-order valence-electron chi connectivity index (χ0n) is 13.8. The molecular weight excluding hydrogens is 310 g/mol. The van der Waals surface area contributed by atoms with E-state index >= 15 is 0 Å². The van der Waals surface area contributed by atoms with Gasteiger partial charge in [-0.2, -0.15) is 0 Å². The molecule has 1 N–H and O–H groups in total. The van der Waals surface area contributed by atoms with Crippen molar-refractivity contribution in [2.45, 2.75) is 44.3 Å². The number of carboxylic acid groups (broad SMARTS) is 1. The van der Waals surface area contributed by atoms with E-state index in [9.17, 15) is 14.7 Å². The van der Waals surface area contributed by atoms with Crippen LogP contribution in [0, 0.1) is 0 Å². The summed E-state index contributed by atoms with van der Waals surface area (Å²) in [6.07, 6.45) is 2.57. The van der Waals surface area contributed by atoms with E-state index in [4.69, 9.17) is 9.47 Å². The Balaban J connectivity index is 1.65. The van der Waals surface area contributed by atoms with Crippen LogP contribution in [0.4, 0.5) is 5.69 Å². The molecule has 2 heterocycles. The molecule has 0 radical (unpaired) electrons. The fourth-order valence-corrected chi connectivity index (χ4v) is 3.31. The van der Waals surface area contributed by atoms with Crippen molar-refractivity contribution in [3.05, 3.63) is 29.8 Å². The summed E-state index contributed by atoms with van der Waals surface area (Å²) >= 11 is 0. The molecule has 0 aromatic heterocycles. The van der Waals surface area contributed by atoms with Crippen molar-refractivity contribution in [2.24, 2.45) is 0 Å². The summed E-state index contributed by atoms with van der Waals surface area (Å²) in [6, 6.07) is 7.16. The number of carboxylic acids is 1. The standard InChI is InChI=1S/C18H23NO5/c1-12(24-11-13-6-4-5-9-23-13)17(20)19-10-15(18(21)22)14-7-2-3-8-16(14)19/h2-3,7-8,12-13,15H,4-6,9-11H2,1H3,(H,21,22)/t12-,13+,15+/m0/s1. The maximum atomic E-state index is 12.7. The van der Waals surface area contributed by atoms with Crippen molar-refractivity contribution >= 4 is 17.6 Å². The third-order valence-corrected chi connectivity index (χ3v) is 4.69. The summed E-state index contributed by atoms with van der Waals surface area (Å²) < 4.78 is 11.3. The highest BCUT2D eigenvalue weighted by atomic mass is 16.5. The second-order valence-corrected chi connectivity index (χ2v) is 6.36. The van der Waals surface area contributed by atoms with E-state index in [0.29, 0.717) is 17.9 Å². The summed E-state index contributed by atoms with van der Waals surface area (Å²) in [5, 5.41) is 9.39. The van der Waals surface area contributed by atoms with Crippen LogP contribution < -0.4 is 4.90 Å². The van der Waals surface area contributed by atoms with E-state index < -0.39 is 18.0 Å². The van der Waals surface area contributed by atoms with Crippen LogP contribution in [0.2, 0.25) is 0 Å². The van der Waals surface area contributed by atoms with Crippen molar-refractivity contribution in [3.63, 3.8) is 0 Å². The van der Waals surface area contributed by atoms with E-state index in [1.165, 1.54) is 4.90 Å². The first-order valence-corrected chi connectivity index (χ1v) is 8.44. The molecule has 1 aromatic carbocycles. The van der Waals surface area contributed by atoms with E-state index in [2.05, 4.69) is 0 Å². The number of hydrogen-bond acceptors (Lipinski definition) is 4. The largest absolute Gasteiger partial charge is 0.481 e. The Kier molecular flexibility index (Phi) is 5.16. The molecule has 3 atom stereocenters. The number of hydrogen-bond donors (Lipinski definition) is 1. The molecule has 130 valence electrons. The first-order valence-electron chi connectivity index (χ1n) is 8.44. The summed E-state index contributed by atoms with van der Waals surface area (Å²) in [5.41, 5.74) is 1.35. The predicted molar refractivity (Wildman–Crippen MR) is 88.2 cm³/mol. The van der Waals surface area contributed by atoms with Crippen molar-refractivity contribution < 1.29 is 24.2 Å². The molecule has 0 aliphatic carbocycles. The van der Waals surface area contributed by atoms with Crippen molar-refractivity contribution in [3.8, 4) is 0 Å². The molecule has 0 bridgehead atoms. The molecule has 2 aliphatic heterocycles. The Morgan fingerprint density at radius 3 is 2.88 bits per heavy atom. The number of benzene rings is 1. The number of anilines is 1. The summed E-state index contributed by atoms with van der Waals surface area (Å²) in [5.74, 6) is -1.80. The van der Waals surface area contributed by atoms with Crippen molar-refractivity contribution in [2.75, 3.05) is 24.7 Å². The van der Waals surface area contributed by atoms with Crippen LogP contribution >= 0.6 is 0 Å². The molecular formula is C18H23NO5. The van der Waals surface area contributed by atoms with Gasteiger partial charge in [0.05, 0.1) is 12.7 Å². The van der Waals surface area contributed by atoms with E-state index in [0.717, 1.165) is 25.9 Å². The second kappa shape index (κ2) is 7.32. The van der Waals surface area contributed by atoms with Crippen LogP contribution in [0.3, 0.4) is 0 Å². The van der Waals surface area contributed by atoms with Gasteiger partial charge in [0, 0.05) is 18.8 Å². The lowest BCUT2D eigenvalue weighted by Gasteiger charge is -2.26. The summed E-state index contributed by atoms with van der Waals surface area (Å²) in [4.78, 5) is 25.7. The number of carbonyl (C=O) groups excluding carboxylic acids is 1. The minimum absolute atomic E-state index is 0.0478. The van der Waals surface area contributed by atoms with Crippen molar-refractivity contribution in [1.29, 1.82) is 0 Å². The lowest BCUT2D eigenvalue weighted by Crippen LogP contribution is -2.40. The number of fused-ring (bicyclic) bond motifs is 1. The van der Waals surface area contributed by atoms with Crippen LogP contribution in [-0.2, 0) is 19.1 Å². The van der Waals surface area contributed by atoms with E-state index in [1.54, 1.807) is 25.1 Å². The summed E-state index contributed by atoms with van der Waals surface area (Å²) in [7, 11) is 0. The first kappa shape index (κ1) is 16.9. The molecule has 6 heteroatoms. The minimum atomic E-state index is -0.915. The highest BCUT2D eigenvalue weighted by molar-refractivity contribution is 6.01. The fraction of sp³-hybridized carbons (Fsp3) is 0.556. The molecule has 1 amide bonds. The third kappa shape index (κ3) is 3.44. The zero-order valence-corrected chi connectivity index (χ0v) is 13.8. The number of carbonyl (C=O) groups is 2. The van der Waals surface area contributed by atoms with Gasteiger partial charge < -0.3 is 19.5 Å². The monoisotopic (exact) mass is 333 g/mol. The average Bonchev–Trinajstić information content (AvgIpc) is 3.00. The molecule has 1 fully saturated rings. The van der Waals surface area contributed by atoms with E-state index in [1.807, 2.05) is 6.07 Å². The topological polar surface area (TPSA) is 76.1 Å². The Hall–Kier alpha value is -1.92. The average molecular weight is 333 g/mol. The number of nitrogens with zero attached hydrogens (tertiary/aromatic N) is 1. The second-order valence-electron chi connectivity index (χ2n) is 6.36. The maximum absolute atomic E-state index is 12.7. The zero-order chi connectivity index (χ0) is 17.1. The molecule has 3 rings (SSSR count). The molecule has 1 saturated heterocycles. The molecule has 0 spiro atoms. The lowest BCUT2D eigenvalue weighted by molar-refractivity contribution is -0.138. The van der Waals surface area contributed by atoms with Gasteiger partial charge in [-0.1, -0.05) is 18.2 Å². The van der Waals surface area contributed by atoms with Crippen LogP contribution in [0.25, 0.3) is 0 Å². The molecule has 24 heavy (non-hydrogen) atoms. The summed E-state index contributed by atoms with van der Waals surface area (Å²) in [6.45, 7) is 3.00. The molecule has 0 unspecified atom stereocenters. The van der Waals surface area contributed by atoms with E-state index in [-0.39, 0.29) is 18.6 Å². The Labute approximate surface area is 141 Å². The first-order chi connectivity index (χ1) is 11.6. The van der Waals surface area contributed by atoms with Gasteiger partial charge in [0.1, 0.15) is 12.0 Å². The van der Waals surface area contributed by atoms with Gasteiger partial charge in [0.15, 0.2) is 0 Å².